The van der Waals surface area contributed by atoms with Crippen LogP contribution in [0.15, 0.2) is 41.8 Å². The Bertz CT molecular complexity index is 1190. The summed E-state index contributed by atoms with van der Waals surface area (Å²) < 4.78 is 36.7. The molecule has 0 bridgehead atoms. The third kappa shape index (κ3) is 15.1. The van der Waals surface area contributed by atoms with Crippen LogP contribution in [-0.2, 0) is 54.6 Å². The fourth-order valence-electron chi connectivity index (χ4n) is 2.82. The van der Waals surface area contributed by atoms with E-state index in [4.69, 9.17) is 4.74 Å². The number of alkyl carbamates (subject to hydrolysis) is 1. The number of hydrogen-bond donors (Lipinski definition) is 4. The summed E-state index contributed by atoms with van der Waals surface area (Å²) in [4.78, 5) is 72.2. The van der Waals surface area contributed by atoms with Gasteiger partial charge < -0.3 is 35.5 Å². The molecule has 0 aliphatic carbocycles. The van der Waals surface area contributed by atoms with E-state index in [0.29, 0.717) is 5.56 Å². The Hall–Kier alpha value is -4.47. The first-order chi connectivity index (χ1) is 18.8. The van der Waals surface area contributed by atoms with E-state index in [2.05, 4.69) is 30.7 Å². The molecule has 0 fully saturated rings. The van der Waals surface area contributed by atoms with Crippen LogP contribution < -0.4 is 21.3 Å². The molecule has 16 heteroatoms. The first-order valence-electron chi connectivity index (χ1n) is 11.7. The third-order valence-corrected chi connectivity index (χ3v) is 5.46. The average Bonchev–Trinajstić information content (AvgIpc) is 2.91. The Labute approximate surface area is 230 Å². The summed E-state index contributed by atoms with van der Waals surface area (Å²) in [5, 5.41) is 9.86. The summed E-state index contributed by atoms with van der Waals surface area (Å²) >= 11 is 0. The maximum Gasteiger partial charge on any atom is 0.408 e. The van der Waals surface area contributed by atoms with E-state index in [1.807, 2.05) is 0 Å². The molecule has 1 aromatic rings. The van der Waals surface area contributed by atoms with Gasteiger partial charge in [-0.15, -0.1) is 0 Å². The zero-order valence-electron chi connectivity index (χ0n) is 22.1. The molecule has 1 aromatic carbocycles. The number of methoxy groups -OCH3 is 2. The maximum atomic E-state index is 12.5. The lowest BCUT2D eigenvalue weighted by atomic mass is 10.2. The highest BCUT2D eigenvalue weighted by Crippen LogP contribution is 2.02. The van der Waals surface area contributed by atoms with Crippen LogP contribution in [0, 0.1) is 0 Å². The van der Waals surface area contributed by atoms with Crippen molar-refractivity contribution in [3.63, 3.8) is 0 Å². The summed E-state index contributed by atoms with van der Waals surface area (Å²) in [6, 6.07) is 6.26. The number of rotatable bonds is 15. The number of esters is 2. The van der Waals surface area contributed by atoms with E-state index in [9.17, 15) is 37.2 Å². The number of benzene rings is 1. The average molecular weight is 585 g/mol. The largest absolute Gasteiger partial charge is 0.469 e. The van der Waals surface area contributed by atoms with Crippen molar-refractivity contribution in [1.82, 2.24) is 21.3 Å². The minimum Gasteiger partial charge on any atom is -0.469 e. The molecule has 15 nitrogen and oxygen atoms in total. The van der Waals surface area contributed by atoms with Crippen LogP contribution in [0.3, 0.4) is 0 Å². The molecule has 1 rings (SSSR count). The Balaban J connectivity index is 2.61. The number of sulfone groups is 1. The highest BCUT2D eigenvalue weighted by atomic mass is 32.2. The van der Waals surface area contributed by atoms with Gasteiger partial charge in [-0.1, -0.05) is 36.4 Å². The van der Waals surface area contributed by atoms with Gasteiger partial charge in [-0.05, 0) is 5.56 Å². The van der Waals surface area contributed by atoms with Crippen molar-refractivity contribution in [3.05, 3.63) is 47.4 Å². The molecule has 4 amide bonds. The van der Waals surface area contributed by atoms with E-state index in [1.165, 1.54) is 0 Å². The maximum absolute atomic E-state index is 12.5. The van der Waals surface area contributed by atoms with Crippen molar-refractivity contribution < 1.29 is 51.4 Å². The van der Waals surface area contributed by atoms with E-state index >= 15 is 0 Å². The number of amides is 4. The van der Waals surface area contributed by atoms with Crippen LogP contribution in [0.2, 0.25) is 0 Å². The number of carbonyl (C=O) groups excluding carboxylic acids is 6. The summed E-state index contributed by atoms with van der Waals surface area (Å²) in [7, 11) is -1.32. The van der Waals surface area contributed by atoms with Crippen molar-refractivity contribution >= 4 is 45.6 Å². The van der Waals surface area contributed by atoms with Gasteiger partial charge in [0.15, 0.2) is 9.84 Å². The summed E-state index contributed by atoms with van der Waals surface area (Å²) in [5.74, 6) is -3.99. The Morgan fingerprint density at radius 1 is 0.850 bits per heavy atom. The Kier molecular flexibility index (Phi) is 14.4. The molecule has 0 aromatic heterocycles. The van der Waals surface area contributed by atoms with Gasteiger partial charge in [0, 0.05) is 11.7 Å². The van der Waals surface area contributed by atoms with Crippen molar-refractivity contribution in [1.29, 1.82) is 0 Å². The lowest BCUT2D eigenvalue weighted by Gasteiger charge is -2.17. The van der Waals surface area contributed by atoms with Gasteiger partial charge >= 0.3 is 18.0 Å². The summed E-state index contributed by atoms with van der Waals surface area (Å²) in [6.45, 7) is -1.28. The Morgan fingerprint density at radius 2 is 1.45 bits per heavy atom. The molecule has 0 aliphatic rings. The highest BCUT2D eigenvalue weighted by molar-refractivity contribution is 7.93. The van der Waals surface area contributed by atoms with Gasteiger partial charge in [0.25, 0.3) is 0 Å². The lowest BCUT2D eigenvalue weighted by molar-refractivity contribution is -0.143. The van der Waals surface area contributed by atoms with Crippen molar-refractivity contribution in [2.75, 3.05) is 33.6 Å². The summed E-state index contributed by atoms with van der Waals surface area (Å²) in [5.41, 5.74) is 0.690. The predicted octanol–water partition coefficient (Wildman–Crippen LogP) is -1.32. The van der Waals surface area contributed by atoms with Gasteiger partial charge in [0.2, 0.25) is 17.7 Å². The van der Waals surface area contributed by atoms with Crippen LogP contribution in [0.5, 0.6) is 0 Å². The van der Waals surface area contributed by atoms with Gasteiger partial charge in [0.05, 0.1) is 46.2 Å². The van der Waals surface area contributed by atoms with Crippen LogP contribution in [-0.4, -0.2) is 89.8 Å². The lowest BCUT2D eigenvalue weighted by Crippen LogP contribution is -2.50. The first-order valence-corrected chi connectivity index (χ1v) is 13.6. The molecule has 0 saturated carbocycles. The highest BCUT2D eigenvalue weighted by Gasteiger charge is 2.25. The predicted molar refractivity (Wildman–Crippen MR) is 139 cm³/mol. The van der Waals surface area contributed by atoms with Crippen molar-refractivity contribution in [2.45, 2.75) is 31.5 Å². The van der Waals surface area contributed by atoms with Crippen LogP contribution in [0.1, 0.15) is 18.4 Å². The van der Waals surface area contributed by atoms with Gasteiger partial charge in [-0.2, -0.15) is 0 Å². The van der Waals surface area contributed by atoms with E-state index in [0.717, 1.165) is 32.0 Å². The van der Waals surface area contributed by atoms with E-state index in [1.54, 1.807) is 30.3 Å². The van der Waals surface area contributed by atoms with E-state index in [-0.39, 0.29) is 13.0 Å². The zero-order chi connectivity index (χ0) is 30.1. The molecule has 0 heterocycles. The molecular weight excluding hydrogens is 552 g/mol. The second kappa shape index (κ2) is 17.2. The number of hydrogen-bond acceptors (Lipinski definition) is 11. The molecular formula is C24H32N4O11S. The molecule has 0 radical (unpaired) electrons. The Morgan fingerprint density at radius 3 is 2.05 bits per heavy atom. The van der Waals surface area contributed by atoms with Crippen molar-refractivity contribution in [2.24, 2.45) is 0 Å². The molecule has 0 saturated heterocycles. The molecule has 1 unspecified atom stereocenters. The monoisotopic (exact) mass is 584 g/mol. The topological polar surface area (TPSA) is 212 Å². The number of nitrogens with one attached hydrogen (secondary N) is 4. The minimum absolute atomic E-state index is 0.0890. The van der Waals surface area contributed by atoms with Gasteiger partial charge in [0.1, 0.15) is 12.6 Å². The molecule has 0 spiro atoms. The number of ether oxygens (including phenoxy) is 3. The van der Waals surface area contributed by atoms with Crippen molar-refractivity contribution in [3.8, 4) is 0 Å². The summed E-state index contributed by atoms with van der Waals surface area (Å²) in [6.07, 6.45) is 0.121. The number of carbonyl (C=O) groups is 6. The molecule has 40 heavy (non-hydrogen) atoms. The first kappa shape index (κ1) is 33.6. The molecule has 2 atom stereocenters. The molecule has 0 aliphatic heterocycles. The second-order valence-electron chi connectivity index (χ2n) is 8.15. The van der Waals surface area contributed by atoms with Gasteiger partial charge in [-0.25, -0.2) is 13.2 Å². The standard InChI is InChI=1S/C24H32N4O11S/c1-37-21(31)11-17(9-10-40(3,35)36)27-20(30)14-25-19(29)13-26-23(33)18(12-22(32)38-2)28-24(34)39-15-16-7-5-4-6-8-16/h4-10,17-18H,11-15H2,1-3H3,(H,25,29)(H,26,33)(H,27,30)(H,28,34)/b10-9+/t17-,18?/m1/s1. The van der Waals surface area contributed by atoms with E-state index < -0.39 is 77.2 Å². The minimum atomic E-state index is -3.54. The zero-order valence-corrected chi connectivity index (χ0v) is 22.9. The van der Waals surface area contributed by atoms with Crippen LogP contribution in [0.25, 0.3) is 0 Å². The third-order valence-electron chi connectivity index (χ3n) is 4.81. The normalized spacial score (nSPS) is 12.4. The van der Waals surface area contributed by atoms with Crippen LogP contribution >= 0.6 is 0 Å². The SMILES string of the molecule is COC(=O)CC(NC(=O)OCc1ccccc1)C(=O)NCC(=O)NCC(=O)N[C@H](/C=C/S(C)(=O)=O)CC(=O)OC. The quantitative estimate of drug-likeness (QED) is 0.140. The fourth-order valence-corrected chi connectivity index (χ4v) is 3.30. The molecule has 220 valence electrons. The second-order valence-corrected chi connectivity index (χ2v) is 10.1. The van der Waals surface area contributed by atoms with Crippen LogP contribution in [0.4, 0.5) is 4.79 Å². The smallest absolute Gasteiger partial charge is 0.408 e. The fraction of sp³-hybridized carbons (Fsp3) is 0.417. The molecule has 4 N–H and O–H groups in total. The van der Waals surface area contributed by atoms with Gasteiger partial charge in [-0.3, -0.25) is 24.0 Å².